The molecule has 0 saturated carbocycles. The topological polar surface area (TPSA) is 164 Å². The number of amides is 2. The van der Waals surface area contributed by atoms with Crippen LogP contribution in [-0.4, -0.2) is 119 Å². The van der Waals surface area contributed by atoms with Gasteiger partial charge >= 0.3 is 24.1 Å². The van der Waals surface area contributed by atoms with Crippen LogP contribution in [-0.2, 0) is 14.2 Å². The number of fused-ring (bicyclic) bond motifs is 2. The number of pyridine rings is 2. The predicted molar refractivity (Wildman–Crippen MR) is 219 cm³/mol. The zero-order valence-electron chi connectivity index (χ0n) is 33.6. The molecule has 0 spiro atoms. The number of aromatic carboxylic acids is 1. The summed E-state index contributed by atoms with van der Waals surface area (Å²) in [6.07, 6.45) is -0.483. The van der Waals surface area contributed by atoms with Crippen LogP contribution in [0.25, 0.3) is 21.8 Å². The highest BCUT2D eigenvalue weighted by atomic mass is 79.9. The molecule has 2 aromatic heterocycles. The van der Waals surface area contributed by atoms with Crippen LogP contribution in [0.1, 0.15) is 76.4 Å². The summed E-state index contributed by atoms with van der Waals surface area (Å²) in [5.74, 6) is -1.45. The Kier molecular flexibility index (Phi) is 14.6. The van der Waals surface area contributed by atoms with Crippen molar-refractivity contribution in [2.75, 3.05) is 51.3 Å². The molecule has 4 heterocycles. The summed E-state index contributed by atoms with van der Waals surface area (Å²) >= 11 is 3.37. The molecule has 0 aliphatic carbocycles. The van der Waals surface area contributed by atoms with Gasteiger partial charge in [0.2, 0.25) is 0 Å². The zero-order chi connectivity index (χ0) is 41.4. The second-order valence-electron chi connectivity index (χ2n) is 15.7. The largest absolute Gasteiger partial charge is 0.477 e. The second-order valence-corrected chi connectivity index (χ2v) is 16.6. The summed E-state index contributed by atoms with van der Waals surface area (Å²) in [5, 5.41) is 14.2. The maximum absolute atomic E-state index is 12.3. The molecule has 2 saturated heterocycles. The SMILES string of the molecule is CC1CN(C(=O)OC(C)(C)C)CCN1.CC1CN(C(=O)OC(C)(C)C)CCN1c1ccc2nc(C(=O)O)ccc2c1.COC(=O)c1ccc2cc(Br)ccc2n1. The van der Waals surface area contributed by atoms with E-state index in [4.69, 9.17) is 14.6 Å². The van der Waals surface area contributed by atoms with E-state index in [9.17, 15) is 19.2 Å². The van der Waals surface area contributed by atoms with Crippen molar-refractivity contribution in [3.63, 3.8) is 0 Å². The minimum absolute atomic E-state index is 0.0367. The third kappa shape index (κ3) is 12.8. The van der Waals surface area contributed by atoms with Gasteiger partial charge in [-0.05, 0) is 104 Å². The molecular formula is C41H53BrN6O8. The number of hydrogen-bond acceptors (Lipinski definition) is 11. The number of carbonyl (C=O) groups excluding carboxylic acids is 3. The number of hydrogen-bond donors (Lipinski definition) is 2. The minimum Gasteiger partial charge on any atom is -0.477 e. The van der Waals surface area contributed by atoms with Gasteiger partial charge in [0.1, 0.15) is 22.6 Å². The Hall–Kier alpha value is -5.02. The van der Waals surface area contributed by atoms with Crippen molar-refractivity contribution in [2.45, 2.75) is 78.7 Å². The smallest absolute Gasteiger partial charge is 0.410 e. The Morgan fingerprint density at radius 1 is 0.750 bits per heavy atom. The lowest BCUT2D eigenvalue weighted by atomic mass is 10.1. The van der Waals surface area contributed by atoms with Crippen molar-refractivity contribution in [3.8, 4) is 0 Å². The number of anilines is 1. The first kappa shape index (κ1) is 43.7. The van der Waals surface area contributed by atoms with Gasteiger partial charge in [-0.3, -0.25) is 0 Å². The highest BCUT2D eigenvalue weighted by Crippen LogP contribution is 2.26. The fourth-order valence-electron chi connectivity index (χ4n) is 5.98. The van der Waals surface area contributed by atoms with Crippen molar-refractivity contribution in [1.29, 1.82) is 0 Å². The number of nitrogens with one attached hydrogen (secondary N) is 1. The van der Waals surface area contributed by atoms with E-state index in [2.05, 4.69) is 54.7 Å². The number of rotatable bonds is 3. The van der Waals surface area contributed by atoms with Crippen LogP contribution in [0.4, 0.5) is 15.3 Å². The van der Waals surface area contributed by atoms with E-state index in [0.29, 0.717) is 36.9 Å². The second kappa shape index (κ2) is 18.7. The number of esters is 1. The number of ether oxygens (including phenoxy) is 3. The number of aromatic nitrogens is 2. The van der Waals surface area contributed by atoms with Gasteiger partial charge in [0.15, 0.2) is 0 Å². The highest BCUT2D eigenvalue weighted by Gasteiger charge is 2.30. The summed E-state index contributed by atoms with van der Waals surface area (Å²) in [4.78, 5) is 60.3. The first-order valence-corrected chi connectivity index (χ1v) is 19.3. The first-order valence-electron chi connectivity index (χ1n) is 18.5. The number of methoxy groups -OCH3 is 1. The van der Waals surface area contributed by atoms with Crippen LogP contribution >= 0.6 is 15.9 Å². The van der Waals surface area contributed by atoms with Crippen LogP contribution in [0, 0.1) is 0 Å². The maximum Gasteiger partial charge on any atom is 0.410 e. The number of carboxylic acid groups (broad SMARTS) is 1. The molecule has 2 atom stereocenters. The minimum atomic E-state index is -1.03. The molecule has 6 rings (SSSR count). The van der Waals surface area contributed by atoms with E-state index < -0.39 is 23.1 Å². The molecule has 0 bridgehead atoms. The molecule has 4 aromatic rings. The van der Waals surface area contributed by atoms with Gasteiger partial charge in [0.25, 0.3) is 0 Å². The van der Waals surface area contributed by atoms with Gasteiger partial charge in [-0.1, -0.05) is 28.1 Å². The lowest BCUT2D eigenvalue weighted by Crippen LogP contribution is -2.54. The third-order valence-electron chi connectivity index (χ3n) is 8.57. The van der Waals surface area contributed by atoms with Crippen LogP contribution < -0.4 is 10.2 Å². The number of carbonyl (C=O) groups is 4. The molecule has 2 amide bonds. The van der Waals surface area contributed by atoms with Crippen LogP contribution in [0.2, 0.25) is 0 Å². The molecule has 2 N–H and O–H groups in total. The lowest BCUT2D eigenvalue weighted by molar-refractivity contribution is 0.0197. The predicted octanol–water partition coefficient (Wildman–Crippen LogP) is 7.38. The first-order chi connectivity index (χ1) is 26.2. The standard InChI is InChI=1S/C20H25N3O4.C11H8BrNO2.C10H20N2O2/c1-13-12-22(19(26)27-20(2,3)4)9-10-23(13)15-6-8-16-14(11-15)5-7-17(21-16)18(24)25;1-15-11(14)10-4-2-7-6-8(12)3-5-9(7)13-10;1-8-7-12(6-5-11-8)9(13)14-10(2,3)4/h5-8,11,13H,9-10,12H2,1-4H3,(H,24,25);2-6H,1H3;8,11H,5-7H2,1-4H3. The normalized spacial score (nSPS) is 17.2. The van der Waals surface area contributed by atoms with Crippen LogP contribution in [0.15, 0.2) is 65.1 Å². The number of piperazine rings is 2. The van der Waals surface area contributed by atoms with E-state index in [1.165, 1.54) is 13.2 Å². The molecule has 0 radical (unpaired) electrons. The fraction of sp³-hybridized carbons (Fsp3) is 0.463. The van der Waals surface area contributed by atoms with E-state index in [-0.39, 0.29) is 23.9 Å². The van der Waals surface area contributed by atoms with Crippen molar-refractivity contribution in [2.24, 2.45) is 0 Å². The molecular weight excluding hydrogens is 784 g/mol. The molecule has 2 aliphatic rings. The molecule has 2 aromatic carbocycles. The monoisotopic (exact) mass is 836 g/mol. The van der Waals surface area contributed by atoms with Gasteiger partial charge in [-0.15, -0.1) is 0 Å². The number of benzene rings is 2. The van der Waals surface area contributed by atoms with Crippen molar-refractivity contribution >= 4 is 67.5 Å². The summed E-state index contributed by atoms with van der Waals surface area (Å²) in [5.41, 5.74) is 1.92. The third-order valence-corrected chi connectivity index (χ3v) is 9.06. The Bertz CT molecular complexity index is 2030. The van der Waals surface area contributed by atoms with Crippen molar-refractivity contribution in [3.05, 3.63) is 76.5 Å². The fourth-order valence-corrected chi connectivity index (χ4v) is 6.36. The summed E-state index contributed by atoms with van der Waals surface area (Å²) < 4.78 is 16.3. The number of halogens is 1. The Labute approximate surface area is 336 Å². The molecule has 2 aliphatic heterocycles. The number of carboxylic acids is 1. The zero-order valence-corrected chi connectivity index (χ0v) is 35.2. The van der Waals surface area contributed by atoms with Crippen LogP contribution in [0.3, 0.4) is 0 Å². The number of nitrogens with zero attached hydrogens (tertiary/aromatic N) is 5. The van der Waals surface area contributed by atoms with Gasteiger partial charge in [0, 0.05) is 72.3 Å². The average molecular weight is 838 g/mol. The average Bonchev–Trinajstić information content (AvgIpc) is 3.13. The summed E-state index contributed by atoms with van der Waals surface area (Å²) in [6, 6.07) is 18.8. The molecule has 56 heavy (non-hydrogen) atoms. The van der Waals surface area contributed by atoms with E-state index in [1.807, 2.05) is 84.0 Å². The van der Waals surface area contributed by atoms with E-state index in [1.54, 1.807) is 21.9 Å². The highest BCUT2D eigenvalue weighted by molar-refractivity contribution is 9.10. The van der Waals surface area contributed by atoms with Gasteiger partial charge in [-0.25, -0.2) is 29.1 Å². The Balaban J connectivity index is 0.000000203. The Morgan fingerprint density at radius 3 is 1.86 bits per heavy atom. The maximum atomic E-state index is 12.3. The van der Waals surface area contributed by atoms with E-state index >= 15 is 0 Å². The summed E-state index contributed by atoms with van der Waals surface area (Å²) in [7, 11) is 1.34. The quantitative estimate of drug-likeness (QED) is 0.156. The van der Waals surface area contributed by atoms with Crippen molar-refractivity contribution in [1.82, 2.24) is 25.1 Å². The van der Waals surface area contributed by atoms with Crippen molar-refractivity contribution < 1.29 is 38.5 Å². The molecule has 14 nitrogen and oxygen atoms in total. The molecule has 2 fully saturated rings. The molecule has 15 heteroatoms. The van der Waals surface area contributed by atoms with Gasteiger partial charge in [0.05, 0.1) is 18.1 Å². The molecule has 302 valence electrons. The summed E-state index contributed by atoms with van der Waals surface area (Å²) in [6.45, 7) is 19.6. The molecule has 2 unspecified atom stereocenters. The van der Waals surface area contributed by atoms with Crippen LogP contribution in [0.5, 0.6) is 0 Å². The lowest BCUT2D eigenvalue weighted by Gasteiger charge is -2.41. The Morgan fingerprint density at radius 2 is 1.30 bits per heavy atom. The van der Waals surface area contributed by atoms with Gasteiger partial charge in [-0.2, -0.15) is 0 Å². The van der Waals surface area contributed by atoms with Gasteiger partial charge < -0.3 is 39.3 Å². The van der Waals surface area contributed by atoms with E-state index in [0.717, 1.165) is 46.1 Å².